The van der Waals surface area contributed by atoms with Gasteiger partial charge >= 0.3 is 6.16 Å². The molecule has 28 heavy (non-hydrogen) atoms. The van der Waals surface area contributed by atoms with Crippen molar-refractivity contribution < 1.29 is 23.4 Å². The van der Waals surface area contributed by atoms with Gasteiger partial charge in [-0.05, 0) is 42.0 Å². The van der Waals surface area contributed by atoms with Crippen LogP contribution in [0.3, 0.4) is 0 Å². The highest BCUT2D eigenvalue weighted by Gasteiger charge is 2.12. The van der Waals surface area contributed by atoms with E-state index in [1.54, 1.807) is 43.5 Å². The van der Waals surface area contributed by atoms with Crippen molar-refractivity contribution in [3.63, 3.8) is 0 Å². The van der Waals surface area contributed by atoms with Gasteiger partial charge in [-0.3, -0.25) is 4.79 Å². The fraction of sp³-hybridized carbons (Fsp3) is 0.0952. The zero-order valence-electron chi connectivity index (χ0n) is 14.9. The van der Waals surface area contributed by atoms with Crippen LogP contribution in [0.4, 0.5) is 4.79 Å². The minimum Gasteiger partial charge on any atom is -0.497 e. The van der Waals surface area contributed by atoms with Gasteiger partial charge in [-0.25, -0.2) is 9.78 Å². The topological polar surface area (TPSA) is 87.9 Å². The Hall–Kier alpha value is -3.87. The fourth-order valence-electron chi connectivity index (χ4n) is 2.68. The molecule has 1 aliphatic carbocycles. The first-order valence-electron chi connectivity index (χ1n) is 8.43. The Kier molecular flexibility index (Phi) is 4.63. The van der Waals surface area contributed by atoms with Gasteiger partial charge in [0.2, 0.25) is 0 Å². The van der Waals surface area contributed by atoms with E-state index in [1.165, 1.54) is 18.2 Å². The maximum absolute atomic E-state index is 12.0. The molecule has 1 heterocycles. The summed E-state index contributed by atoms with van der Waals surface area (Å²) in [6.45, 7) is 0.0481. The molecule has 0 radical (unpaired) electrons. The van der Waals surface area contributed by atoms with Crippen LogP contribution in [0.5, 0.6) is 11.5 Å². The Morgan fingerprint density at radius 3 is 2.79 bits per heavy atom. The summed E-state index contributed by atoms with van der Waals surface area (Å²) in [5.74, 6) is 1.27. The summed E-state index contributed by atoms with van der Waals surface area (Å²) in [5, 5.41) is 0. The van der Waals surface area contributed by atoms with E-state index in [2.05, 4.69) is 4.98 Å². The van der Waals surface area contributed by atoms with Crippen LogP contribution in [0, 0.1) is 0 Å². The van der Waals surface area contributed by atoms with E-state index in [9.17, 15) is 9.59 Å². The number of hydrogen-bond acceptors (Lipinski definition) is 7. The van der Waals surface area contributed by atoms with Crippen molar-refractivity contribution in [3.8, 4) is 23.0 Å². The molecular weight excluding hydrogens is 362 g/mol. The first-order valence-corrected chi connectivity index (χ1v) is 8.43. The Morgan fingerprint density at radius 1 is 1.04 bits per heavy atom. The zero-order chi connectivity index (χ0) is 19.5. The second-order valence-corrected chi connectivity index (χ2v) is 5.97. The molecule has 0 amide bonds. The molecule has 0 fully saturated rings. The lowest BCUT2D eigenvalue weighted by Crippen LogP contribution is -2.10. The SMILES string of the molecule is COc1cccc(COC(=O)Oc2ccc3nc4ccc(=O)cc-4oc3c2)c1. The average molecular weight is 377 g/mol. The number of aromatic nitrogens is 1. The minimum atomic E-state index is -0.849. The maximum atomic E-state index is 12.0. The molecule has 4 rings (SSSR count). The molecule has 0 unspecified atom stereocenters. The van der Waals surface area contributed by atoms with Crippen LogP contribution < -0.4 is 14.9 Å². The molecule has 0 saturated carbocycles. The summed E-state index contributed by atoms with van der Waals surface area (Å²) in [6.07, 6.45) is -0.849. The largest absolute Gasteiger partial charge is 0.514 e. The first-order chi connectivity index (χ1) is 13.6. The second kappa shape index (κ2) is 7.40. The molecule has 7 heteroatoms. The second-order valence-electron chi connectivity index (χ2n) is 5.97. The van der Waals surface area contributed by atoms with Crippen LogP contribution in [0.1, 0.15) is 5.56 Å². The molecule has 2 aromatic rings. The summed E-state index contributed by atoms with van der Waals surface area (Å²) in [6, 6.07) is 16.3. The van der Waals surface area contributed by atoms with Crippen LogP contribution in [0.15, 0.2) is 69.9 Å². The molecule has 0 saturated heterocycles. The number of carbonyl (C=O) groups excluding carboxylic acids is 1. The summed E-state index contributed by atoms with van der Waals surface area (Å²) in [7, 11) is 1.56. The van der Waals surface area contributed by atoms with Gasteiger partial charge < -0.3 is 18.6 Å². The number of nitrogens with zero attached hydrogens (tertiary/aromatic N) is 1. The number of rotatable bonds is 4. The third-order valence-electron chi connectivity index (χ3n) is 4.02. The van der Waals surface area contributed by atoms with Gasteiger partial charge in [0, 0.05) is 12.1 Å². The van der Waals surface area contributed by atoms with Crippen LogP contribution in [0.25, 0.3) is 22.6 Å². The van der Waals surface area contributed by atoms with Crippen LogP contribution in [0.2, 0.25) is 0 Å². The first kappa shape index (κ1) is 17.5. The molecule has 0 bridgehead atoms. The van der Waals surface area contributed by atoms with E-state index in [0.717, 1.165) is 5.56 Å². The van der Waals surface area contributed by atoms with E-state index in [0.29, 0.717) is 28.3 Å². The van der Waals surface area contributed by atoms with Gasteiger partial charge in [0.25, 0.3) is 0 Å². The van der Waals surface area contributed by atoms with Gasteiger partial charge in [-0.15, -0.1) is 0 Å². The summed E-state index contributed by atoms with van der Waals surface area (Å²) >= 11 is 0. The standard InChI is InChI=1S/C21H15NO6/c1-25-15-4-2-3-13(9-15)12-26-21(24)27-16-6-8-18-20(11-16)28-19-10-14(23)5-7-17(19)22-18/h2-11H,12H2,1H3. The molecule has 0 spiro atoms. The number of methoxy groups -OCH3 is 1. The highest BCUT2D eigenvalue weighted by atomic mass is 16.7. The Labute approximate surface area is 159 Å². The molecule has 140 valence electrons. The van der Waals surface area contributed by atoms with Gasteiger partial charge in [0.1, 0.15) is 29.3 Å². The zero-order valence-corrected chi connectivity index (χ0v) is 14.9. The Bertz CT molecular complexity index is 1180. The average Bonchev–Trinajstić information content (AvgIpc) is 2.71. The van der Waals surface area contributed by atoms with Crippen LogP contribution in [-0.2, 0) is 11.3 Å². The van der Waals surface area contributed by atoms with Crippen molar-refractivity contribution >= 4 is 17.3 Å². The fourth-order valence-corrected chi connectivity index (χ4v) is 2.68. The predicted molar refractivity (Wildman–Crippen MR) is 101 cm³/mol. The summed E-state index contributed by atoms with van der Waals surface area (Å²) in [5.41, 5.74) is 2.12. The molecule has 0 atom stereocenters. The maximum Gasteiger partial charge on any atom is 0.514 e. The summed E-state index contributed by atoms with van der Waals surface area (Å²) in [4.78, 5) is 27.9. The lowest BCUT2D eigenvalue weighted by molar-refractivity contribution is 0.0927. The monoisotopic (exact) mass is 377 g/mol. The highest BCUT2D eigenvalue weighted by Crippen LogP contribution is 2.26. The van der Waals surface area contributed by atoms with Crippen molar-refractivity contribution in [2.75, 3.05) is 7.11 Å². The molecular formula is C21H15NO6. The van der Waals surface area contributed by atoms with Crippen molar-refractivity contribution in [3.05, 3.63) is 76.5 Å². The molecule has 1 aliphatic heterocycles. The van der Waals surface area contributed by atoms with Crippen molar-refractivity contribution in [2.45, 2.75) is 6.61 Å². The lowest BCUT2D eigenvalue weighted by Gasteiger charge is -2.09. The highest BCUT2D eigenvalue weighted by molar-refractivity contribution is 5.78. The molecule has 2 aromatic carbocycles. The number of carbonyl (C=O) groups is 1. The molecule has 0 N–H and O–H groups in total. The number of hydrogen-bond donors (Lipinski definition) is 0. The summed E-state index contributed by atoms with van der Waals surface area (Å²) < 4.78 is 21.1. The Balaban J connectivity index is 1.49. The molecule has 7 nitrogen and oxygen atoms in total. The Morgan fingerprint density at radius 2 is 1.93 bits per heavy atom. The van der Waals surface area contributed by atoms with Crippen LogP contribution >= 0.6 is 0 Å². The number of benzene rings is 3. The quantitative estimate of drug-likeness (QED) is 0.301. The van der Waals surface area contributed by atoms with E-state index >= 15 is 0 Å². The predicted octanol–water partition coefficient (Wildman–Crippen LogP) is 4.02. The number of fused-ring (bicyclic) bond motifs is 2. The number of ether oxygens (including phenoxy) is 3. The van der Waals surface area contributed by atoms with Crippen molar-refractivity contribution in [1.82, 2.24) is 4.98 Å². The molecule has 2 aliphatic rings. The third kappa shape index (κ3) is 3.78. The van der Waals surface area contributed by atoms with Crippen molar-refractivity contribution in [2.24, 2.45) is 0 Å². The van der Waals surface area contributed by atoms with Gasteiger partial charge in [0.05, 0.1) is 7.11 Å². The van der Waals surface area contributed by atoms with E-state index < -0.39 is 6.16 Å². The van der Waals surface area contributed by atoms with E-state index in [-0.39, 0.29) is 17.8 Å². The van der Waals surface area contributed by atoms with Gasteiger partial charge in [0.15, 0.2) is 16.8 Å². The van der Waals surface area contributed by atoms with Gasteiger partial charge in [-0.2, -0.15) is 0 Å². The minimum absolute atomic E-state index is 0.0481. The van der Waals surface area contributed by atoms with Crippen molar-refractivity contribution in [1.29, 1.82) is 0 Å². The normalized spacial score (nSPS) is 10.8. The van der Waals surface area contributed by atoms with E-state index in [1.807, 2.05) is 6.07 Å². The van der Waals surface area contributed by atoms with E-state index in [4.69, 9.17) is 18.6 Å². The molecule has 0 aromatic heterocycles. The van der Waals surface area contributed by atoms with Gasteiger partial charge in [-0.1, -0.05) is 12.1 Å². The third-order valence-corrected chi connectivity index (χ3v) is 4.02. The smallest absolute Gasteiger partial charge is 0.497 e. The lowest BCUT2D eigenvalue weighted by atomic mass is 10.2. The van der Waals surface area contributed by atoms with Crippen LogP contribution in [-0.4, -0.2) is 18.2 Å².